The van der Waals surface area contributed by atoms with E-state index in [1.54, 1.807) is 4.57 Å². The fourth-order valence-corrected chi connectivity index (χ4v) is 4.06. The molecule has 5 nitrogen and oxygen atoms in total. The molecule has 2 heterocycles. The SMILES string of the molecule is [C-]#[N+]c1ccc2c(cc(C3CC3)n2Cc2noc(-c3cc(C(F)(F)F)ccc3F)n2)c1C(F)(F)F. The van der Waals surface area contributed by atoms with E-state index in [-0.39, 0.29) is 29.2 Å². The van der Waals surface area contributed by atoms with E-state index in [1.165, 1.54) is 12.1 Å². The lowest BCUT2D eigenvalue weighted by Crippen LogP contribution is -2.07. The van der Waals surface area contributed by atoms with Crippen LogP contribution >= 0.6 is 0 Å². The molecule has 1 fully saturated rings. The molecule has 0 atom stereocenters. The Kier molecular flexibility index (Phi) is 5.12. The van der Waals surface area contributed by atoms with Gasteiger partial charge in [0, 0.05) is 16.6 Å². The Morgan fingerprint density at radius 3 is 2.40 bits per heavy atom. The number of alkyl halides is 6. The van der Waals surface area contributed by atoms with Crippen molar-refractivity contribution in [2.24, 2.45) is 0 Å². The normalized spacial score (nSPS) is 14.5. The number of rotatable bonds is 4. The summed E-state index contributed by atoms with van der Waals surface area (Å²) < 4.78 is 101. The van der Waals surface area contributed by atoms with Crippen LogP contribution in [0.5, 0.6) is 0 Å². The molecular weight excluding hydrogens is 481 g/mol. The van der Waals surface area contributed by atoms with Crippen molar-refractivity contribution >= 4 is 16.6 Å². The molecule has 35 heavy (non-hydrogen) atoms. The minimum atomic E-state index is -4.76. The van der Waals surface area contributed by atoms with Gasteiger partial charge in [0.15, 0.2) is 11.5 Å². The van der Waals surface area contributed by atoms with Gasteiger partial charge in [-0.25, -0.2) is 9.24 Å². The summed E-state index contributed by atoms with van der Waals surface area (Å²) in [5.74, 6) is -1.54. The second-order valence-corrected chi connectivity index (χ2v) is 8.14. The predicted octanol–water partition coefficient (Wildman–Crippen LogP) is 7.34. The van der Waals surface area contributed by atoms with Gasteiger partial charge >= 0.3 is 12.4 Å². The van der Waals surface area contributed by atoms with Crippen LogP contribution < -0.4 is 0 Å². The highest BCUT2D eigenvalue weighted by atomic mass is 19.4. The zero-order valence-corrected chi connectivity index (χ0v) is 17.5. The zero-order valence-electron chi connectivity index (χ0n) is 17.5. The van der Waals surface area contributed by atoms with Crippen LogP contribution in [-0.2, 0) is 18.9 Å². The first kappa shape index (κ1) is 22.9. The number of halogens is 7. The predicted molar refractivity (Wildman–Crippen MR) is 109 cm³/mol. The van der Waals surface area contributed by atoms with Crippen molar-refractivity contribution in [3.63, 3.8) is 0 Å². The minimum absolute atomic E-state index is 0.00663. The van der Waals surface area contributed by atoms with Gasteiger partial charge in [0.1, 0.15) is 5.82 Å². The zero-order chi connectivity index (χ0) is 25.1. The van der Waals surface area contributed by atoms with E-state index < -0.39 is 46.4 Å². The summed E-state index contributed by atoms with van der Waals surface area (Å²) in [6.07, 6.45) is -7.94. The highest BCUT2D eigenvalue weighted by Crippen LogP contribution is 2.47. The molecule has 2 aromatic carbocycles. The summed E-state index contributed by atoms with van der Waals surface area (Å²) in [6.45, 7) is 6.96. The second kappa shape index (κ2) is 7.83. The Balaban J connectivity index is 1.58. The third-order valence-corrected chi connectivity index (χ3v) is 5.79. The lowest BCUT2D eigenvalue weighted by Gasteiger charge is -2.12. The van der Waals surface area contributed by atoms with Crippen LogP contribution in [0.2, 0.25) is 0 Å². The minimum Gasteiger partial charge on any atom is -0.337 e. The number of nitrogens with zero attached hydrogens (tertiary/aromatic N) is 4. The average molecular weight is 494 g/mol. The molecule has 2 aromatic heterocycles. The third-order valence-electron chi connectivity index (χ3n) is 5.79. The average Bonchev–Trinajstić information content (AvgIpc) is 3.42. The lowest BCUT2D eigenvalue weighted by molar-refractivity contribution is -0.137. The highest BCUT2D eigenvalue weighted by Gasteiger charge is 2.38. The summed E-state index contributed by atoms with van der Waals surface area (Å²) in [6, 6.07) is 5.66. The first-order valence-corrected chi connectivity index (χ1v) is 10.3. The number of hydrogen-bond donors (Lipinski definition) is 0. The first-order chi connectivity index (χ1) is 16.5. The summed E-state index contributed by atoms with van der Waals surface area (Å²) >= 11 is 0. The Hall–Kier alpha value is -3.88. The van der Waals surface area contributed by atoms with Gasteiger partial charge < -0.3 is 9.09 Å². The van der Waals surface area contributed by atoms with E-state index in [4.69, 9.17) is 11.1 Å². The van der Waals surface area contributed by atoms with E-state index in [9.17, 15) is 30.7 Å². The van der Waals surface area contributed by atoms with Crippen molar-refractivity contribution in [2.75, 3.05) is 0 Å². The van der Waals surface area contributed by atoms with Gasteiger partial charge in [0.25, 0.3) is 5.89 Å². The summed E-state index contributed by atoms with van der Waals surface area (Å²) in [5.41, 5.74) is -2.42. The molecule has 0 radical (unpaired) electrons. The topological polar surface area (TPSA) is 48.2 Å². The van der Waals surface area contributed by atoms with Crippen molar-refractivity contribution in [1.29, 1.82) is 0 Å². The van der Waals surface area contributed by atoms with Crippen LogP contribution in [0.1, 0.15) is 41.4 Å². The van der Waals surface area contributed by atoms with Crippen LogP contribution in [0, 0.1) is 12.4 Å². The Morgan fingerprint density at radius 2 is 1.77 bits per heavy atom. The molecule has 4 aromatic rings. The quantitative estimate of drug-likeness (QED) is 0.220. The Labute approximate surface area is 192 Å². The molecule has 0 amide bonds. The summed E-state index contributed by atoms with van der Waals surface area (Å²) in [7, 11) is 0. The van der Waals surface area contributed by atoms with Crippen molar-refractivity contribution in [2.45, 2.75) is 37.7 Å². The lowest BCUT2D eigenvalue weighted by atomic mass is 10.1. The first-order valence-electron chi connectivity index (χ1n) is 10.3. The maximum Gasteiger partial charge on any atom is 0.416 e. The van der Waals surface area contributed by atoms with Crippen molar-refractivity contribution in [1.82, 2.24) is 14.7 Å². The standard InChI is InChI=1S/C23H13F7N4O/c1-31-16-6-7-17-14(20(16)23(28,29)30)9-18(11-2-3-11)34(17)10-19-32-21(35-33-19)13-8-12(22(25,26)27)4-5-15(13)24/h4-9,11H,2-3,10H2. The van der Waals surface area contributed by atoms with E-state index in [2.05, 4.69) is 15.0 Å². The van der Waals surface area contributed by atoms with Gasteiger partial charge in [-0.15, -0.1) is 0 Å². The molecule has 12 heteroatoms. The fraction of sp³-hybridized carbons (Fsp3) is 0.261. The maximum absolute atomic E-state index is 14.2. The summed E-state index contributed by atoms with van der Waals surface area (Å²) in [4.78, 5) is 7.00. The molecule has 180 valence electrons. The third kappa shape index (κ3) is 4.11. The van der Waals surface area contributed by atoms with Crippen molar-refractivity contribution in [3.05, 3.63) is 76.3 Å². The molecule has 5 rings (SSSR count). The number of hydrogen-bond acceptors (Lipinski definition) is 3. The molecule has 0 spiro atoms. The van der Waals surface area contributed by atoms with Gasteiger partial charge in [0.05, 0.1) is 29.8 Å². The Bertz CT molecular complexity index is 1490. The van der Waals surface area contributed by atoms with Gasteiger partial charge in [-0.1, -0.05) is 11.2 Å². The molecule has 0 N–H and O–H groups in total. The smallest absolute Gasteiger partial charge is 0.337 e. The van der Waals surface area contributed by atoms with Gasteiger partial charge in [-0.3, -0.25) is 0 Å². The number of fused-ring (bicyclic) bond motifs is 1. The van der Waals surface area contributed by atoms with Crippen molar-refractivity contribution < 1.29 is 35.3 Å². The molecular formula is C23H13F7N4O. The van der Waals surface area contributed by atoms with Crippen LogP contribution in [0.3, 0.4) is 0 Å². The molecule has 1 aliphatic carbocycles. The van der Waals surface area contributed by atoms with Gasteiger partial charge in [-0.05, 0) is 49.1 Å². The number of benzene rings is 2. The molecule has 0 bridgehead atoms. The van der Waals surface area contributed by atoms with E-state index in [0.29, 0.717) is 23.9 Å². The van der Waals surface area contributed by atoms with Crippen LogP contribution in [0.4, 0.5) is 36.4 Å². The van der Waals surface area contributed by atoms with Crippen LogP contribution in [0.15, 0.2) is 40.9 Å². The number of aromatic nitrogens is 3. The van der Waals surface area contributed by atoms with Crippen LogP contribution in [0.25, 0.3) is 27.2 Å². The van der Waals surface area contributed by atoms with E-state index >= 15 is 0 Å². The molecule has 0 aliphatic heterocycles. The fourth-order valence-electron chi connectivity index (χ4n) is 4.06. The van der Waals surface area contributed by atoms with Crippen LogP contribution in [-0.4, -0.2) is 14.7 Å². The van der Waals surface area contributed by atoms with Crippen molar-refractivity contribution in [3.8, 4) is 11.5 Å². The summed E-state index contributed by atoms with van der Waals surface area (Å²) in [5, 5.41) is 3.57. The molecule has 0 unspecified atom stereocenters. The molecule has 0 saturated heterocycles. The van der Waals surface area contributed by atoms with Gasteiger partial charge in [-0.2, -0.15) is 31.3 Å². The molecule has 1 saturated carbocycles. The van der Waals surface area contributed by atoms with E-state index in [1.807, 2.05) is 0 Å². The second-order valence-electron chi connectivity index (χ2n) is 8.14. The highest BCUT2D eigenvalue weighted by molar-refractivity contribution is 5.90. The monoisotopic (exact) mass is 494 g/mol. The van der Waals surface area contributed by atoms with Gasteiger partial charge in [0.2, 0.25) is 0 Å². The Morgan fingerprint density at radius 1 is 1.03 bits per heavy atom. The maximum atomic E-state index is 14.2. The molecule has 1 aliphatic rings. The van der Waals surface area contributed by atoms with E-state index in [0.717, 1.165) is 18.9 Å². The largest absolute Gasteiger partial charge is 0.416 e.